The van der Waals surface area contributed by atoms with Gasteiger partial charge in [-0.1, -0.05) is 103 Å². The number of allylic oxidation sites excluding steroid dienone is 6. The van der Waals surface area contributed by atoms with Crippen molar-refractivity contribution in [1.82, 2.24) is 4.57 Å². The second kappa shape index (κ2) is 10.1. The van der Waals surface area contributed by atoms with Crippen LogP contribution in [0.1, 0.15) is 28.9 Å². The lowest BCUT2D eigenvalue weighted by Gasteiger charge is -2.40. The molecule has 2 aliphatic carbocycles. The van der Waals surface area contributed by atoms with Gasteiger partial charge >= 0.3 is 0 Å². The van der Waals surface area contributed by atoms with Crippen molar-refractivity contribution in [2.24, 2.45) is 0 Å². The van der Waals surface area contributed by atoms with E-state index < -0.39 is 8.07 Å². The molecule has 0 amide bonds. The van der Waals surface area contributed by atoms with Gasteiger partial charge in [0.15, 0.2) is 8.07 Å². The lowest BCUT2D eigenvalue weighted by Crippen LogP contribution is -2.64. The zero-order valence-electron chi connectivity index (χ0n) is 21.9. The number of hydrogen-bond acceptors (Lipinski definition) is 1. The number of aromatic nitrogens is 1. The molecule has 3 aromatic carbocycles. The summed E-state index contributed by atoms with van der Waals surface area (Å²) in [6.45, 7) is 0. The molecule has 1 aliphatic heterocycles. The molecule has 0 spiro atoms. The molecule has 3 aliphatic rings. The Morgan fingerprint density at radius 2 is 1.36 bits per heavy atom. The van der Waals surface area contributed by atoms with Gasteiger partial charge < -0.3 is 9.30 Å². The lowest BCUT2D eigenvalue weighted by molar-refractivity contribution is 0.379. The molecule has 1 atom stereocenters. The summed E-state index contributed by atoms with van der Waals surface area (Å²) in [6, 6.07) is 33.0. The van der Waals surface area contributed by atoms with E-state index >= 15 is 0 Å². The fourth-order valence-electron chi connectivity index (χ4n) is 6.73. The molecule has 2 heterocycles. The van der Waals surface area contributed by atoms with Gasteiger partial charge in [0, 0.05) is 17.1 Å². The van der Waals surface area contributed by atoms with E-state index in [2.05, 4.69) is 138 Å². The van der Waals surface area contributed by atoms with Crippen molar-refractivity contribution in [3.05, 3.63) is 162 Å². The van der Waals surface area contributed by atoms with Gasteiger partial charge in [0.25, 0.3) is 0 Å². The molecule has 3 heteroatoms. The Morgan fingerprint density at radius 3 is 2.08 bits per heavy atom. The Labute approximate surface area is 231 Å². The van der Waals surface area contributed by atoms with Crippen LogP contribution in [0.3, 0.4) is 0 Å². The molecule has 190 valence electrons. The minimum absolute atomic E-state index is 0.294. The first kappa shape index (κ1) is 23.8. The lowest BCUT2D eigenvalue weighted by atomic mass is 9.94. The topological polar surface area (TPSA) is 14.2 Å². The molecule has 1 aromatic heterocycles. The van der Waals surface area contributed by atoms with E-state index in [-0.39, 0.29) is 0 Å². The summed E-state index contributed by atoms with van der Waals surface area (Å²) < 4.78 is 9.00. The van der Waals surface area contributed by atoms with Crippen molar-refractivity contribution in [2.75, 3.05) is 0 Å². The average Bonchev–Trinajstić information content (AvgIpc) is 3.12. The number of para-hydroxylation sites is 1. The van der Waals surface area contributed by atoms with Crippen molar-refractivity contribution in [3.8, 4) is 5.69 Å². The molecule has 2 nitrogen and oxygen atoms in total. The van der Waals surface area contributed by atoms with E-state index in [0.29, 0.717) is 5.54 Å². The van der Waals surface area contributed by atoms with E-state index in [1.807, 2.05) is 12.3 Å². The van der Waals surface area contributed by atoms with Crippen molar-refractivity contribution in [1.29, 1.82) is 0 Å². The summed E-state index contributed by atoms with van der Waals surface area (Å²) >= 11 is 0. The van der Waals surface area contributed by atoms with Crippen molar-refractivity contribution < 1.29 is 4.74 Å². The summed E-state index contributed by atoms with van der Waals surface area (Å²) in [5.41, 5.74) is 7.19. The molecule has 4 aromatic rings. The fraction of sp³-hybridized carbons (Fsp3) is 0.111. The van der Waals surface area contributed by atoms with E-state index in [1.54, 1.807) is 0 Å². The normalized spacial score (nSPS) is 17.6. The third-order valence-electron chi connectivity index (χ3n) is 8.37. The quantitative estimate of drug-likeness (QED) is 0.254. The molecule has 0 bridgehead atoms. The van der Waals surface area contributed by atoms with E-state index in [1.165, 1.54) is 38.6 Å². The van der Waals surface area contributed by atoms with Gasteiger partial charge in [-0.2, -0.15) is 0 Å². The zero-order chi connectivity index (χ0) is 26.1. The summed E-state index contributed by atoms with van der Waals surface area (Å²) in [7, 11) is -2.64. The first-order chi connectivity index (χ1) is 19.4. The predicted octanol–water partition coefficient (Wildman–Crippen LogP) is 7.16. The Kier molecular flexibility index (Phi) is 6.14. The van der Waals surface area contributed by atoms with Crippen LogP contribution in [0.5, 0.6) is 0 Å². The van der Waals surface area contributed by atoms with E-state index in [0.717, 1.165) is 24.6 Å². The molecule has 7 rings (SSSR count). The Balaban J connectivity index is 1.47. The van der Waals surface area contributed by atoms with Crippen LogP contribution in [0.4, 0.5) is 0 Å². The SMILES string of the molecule is C1=CC=C([Si](c2ccccc2)(c2ccccc2)C2C=Cc3c(c4c(n3-c3ccccc3)C=CCC4)C2)OC=C1. The highest BCUT2D eigenvalue weighted by Gasteiger charge is 2.50. The Morgan fingerprint density at radius 1 is 0.692 bits per heavy atom. The smallest absolute Gasteiger partial charge is 0.200 e. The molecular formula is C36H31NOSi. The molecule has 0 fully saturated rings. The van der Waals surface area contributed by atoms with Crippen LogP contribution in [-0.4, -0.2) is 12.6 Å². The highest BCUT2D eigenvalue weighted by molar-refractivity contribution is 7.08. The number of nitrogens with zero attached hydrogens (tertiary/aromatic N) is 1. The maximum atomic E-state index is 6.54. The fourth-order valence-corrected chi connectivity index (χ4v) is 11.8. The summed E-state index contributed by atoms with van der Waals surface area (Å²) in [4.78, 5) is 0. The molecular weight excluding hydrogens is 490 g/mol. The van der Waals surface area contributed by atoms with Gasteiger partial charge in [0.2, 0.25) is 0 Å². The minimum Gasteiger partial charge on any atom is -0.474 e. The van der Waals surface area contributed by atoms with E-state index in [4.69, 9.17) is 4.74 Å². The third-order valence-corrected chi connectivity index (χ3v) is 13.4. The minimum atomic E-state index is -2.64. The molecule has 0 saturated heterocycles. The largest absolute Gasteiger partial charge is 0.474 e. The third kappa shape index (κ3) is 3.93. The summed E-state index contributed by atoms with van der Waals surface area (Å²) in [5.74, 6) is 0. The summed E-state index contributed by atoms with van der Waals surface area (Å²) in [6.07, 6.45) is 22.9. The standard InChI is InChI=1S/C36H31NOSi/c1-5-15-28(16-6-1)37-34-22-13-12-21-32(34)33-27-31(24-25-35(33)37)39(29-17-7-2-8-18-29,30-19-9-3-10-20-30)36-23-11-4-14-26-38-36/h1-11,13-20,22-26,31H,12,21,27H2. The zero-order valence-corrected chi connectivity index (χ0v) is 22.9. The Hall–Kier alpha value is -4.34. The molecule has 0 N–H and O–H groups in total. The van der Waals surface area contributed by atoms with Crippen LogP contribution in [0.2, 0.25) is 5.54 Å². The van der Waals surface area contributed by atoms with Gasteiger partial charge in [-0.25, -0.2) is 0 Å². The van der Waals surface area contributed by atoms with E-state index in [9.17, 15) is 0 Å². The van der Waals surface area contributed by atoms with Gasteiger partial charge in [-0.05, 0) is 82.7 Å². The van der Waals surface area contributed by atoms with Crippen molar-refractivity contribution in [2.45, 2.75) is 24.8 Å². The van der Waals surface area contributed by atoms with Crippen LogP contribution in [-0.2, 0) is 17.6 Å². The maximum absolute atomic E-state index is 6.54. The molecule has 0 radical (unpaired) electrons. The number of hydrogen-bond donors (Lipinski definition) is 0. The average molecular weight is 522 g/mol. The van der Waals surface area contributed by atoms with Gasteiger partial charge in [-0.15, -0.1) is 0 Å². The first-order valence-electron chi connectivity index (χ1n) is 13.9. The van der Waals surface area contributed by atoms with Crippen LogP contribution < -0.4 is 10.4 Å². The molecule has 0 saturated carbocycles. The van der Waals surface area contributed by atoms with Crippen LogP contribution in [0, 0.1) is 0 Å². The van der Waals surface area contributed by atoms with Crippen molar-refractivity contribution in [3.63, 3.8) is 0 Å². The number of rotatable bonds is 5. The number of fused-ring (bicyclic) bond motifs is 3. The maximum Gasteiger partial charge on any atom is 0.200 e. The van der Waals surface area contributed by atoms with Gasteiger partial charge in [0.05, 0.1) is 11.6 Å². The number of ether oxygens (including phenoxy) is 1. The van der Waals surface area contributed by atoms with Crippen molar-refractivity contribution >= 4 is 30.6 Å². The van der Waals surface area contributed by atoms with Crippen LogP contribution >= 0.6 is 0 Å². The first-order valence-corrected chi connectivity index (χ1v) is 15.9. The summed E-state index contributed by atoms with van der Waals surface area (Å²) in [5, 5.41) is 3.83. The molecule has 39 heavy (non-hydrogen) atoms. The Bertz CT molecular complexity index is 1600. The predicted molar refractivity (Wildman–Crippen MR) is 165 cm³/mol. The van der Waals surface area contributed by atoms with Crippen LogP contribution in [0.25, 0.3) is 17.8 Å². The van der Waals surface area contributed by atoms with Gasteiger partial charge in [0.1, 0.15) is 0 Å². The second-order valence-electron chi connectivity index (χ2n) is 10.4. The van der Waals surface area contributed by atoms with Gasteiger partial charge in [-0.3, -0.25) is 0 Å². The monoisotopic (exact) mass is 521 g/mol. The molecule has 1 unspecified atom stereocenters. The highest BCUT2D eigenvalue weighted by atomic mass is 28.3. The van der Waals surface area contributed by atoms with Crippen LogP contribution in [0.15, 0.2) is 139 Å². The second-order valence-corrected chi connectivity index (χ2v) is 14.4. The number of benzene rings is 3. The highest BCUT2D eigenvalue weighted by Crippen LogP contribution is 2.43.